The van der Waals surface area contributed by atoms with Gasteiger partial charge in [-0.25, -0.2) is 0 Å². The Morgan fingerprint density at radius 1 is 1.26 bits per heavy atom. The molecule has 0 saturated heterocycles. The maximum Gasteiger partial charge on any atom is 0.265 e. The van der Waals surface area contributed by atoms with Crippen molar-refractivity contribution < 1.29 is 13.6 Å². The molecule has 0 spiro atoms. The van der Waals surface area contributed by atoms with E-state index in [1.807, 2.05) is 6.92 Å². The third-order valence-electron chi connectivity index (χ3n) is 2.51. The molecule has 0 amide bonds. The van der Waals surface area contributed by atoms with Gasteiger partial charge in [-0.05, 0) is 25.5 Å². The topological polar surface area (TPSA) is 74.2 Å². The normalized spacial score (nSPS) is 11.1. The van der Waals surface area contributed by atoms with Crippen LogP contribution < -0.4 is 4.74 Å². The minimum absolute atomic E-state index is 0.376. The molecule has 0 radical (unpaired) electrons. The van der Waals surface area contributed by atoms with Gasteiger partial charge < -0.3 is 13.6 Å². The van der Waals surface area contributed by atoms with Crippen LogP contribution in [0.25, 0.3) is 22.9 Å². The summed E-state index contributed by atoms with van der Waals surface area (Å²) in [7, 11) is 0. The van der Waals surface area contributed by atoms with Crippen molar-refractivity contribution in [3.8, 4) is 17.5 Å². The van der Waals surface area contributed by atoms with Gasteiger partial charge in [0.2, 0.25) is 5.88 Å². The molecule has 19 heavy (non-hydrogen) atoms. The molecule has 0 aliphatic carbocycles. The molecule has 0 N–H and O–H groups in total. The molecule has 3 aromatic rings. The first-order chi connectivity index (χ1) is 9.28. The molecule has 3 heterocycles. The molecular formula is C13H13N3O3. The highest BCUT2D eigenvalue weighted by atomic mass is 16.5. The van der Waals surface area contributed by atoms with Crippen molar-refractivity contribution in [2.75, 3.05) is 6.61 Å². The van der Waals surface area contributed by atoms with Crippen molar-refractivity contribution in [1.82, 2.24) is 15.0 Å². The SMILES string of the molecule is CCCOc1nc(C)nc2oc(-c3ccco3)nc12. The Balaban J connectivity index is 2.10. The van der Waals surface area contributed by atoms with Crippen molar-refractivity contribution in [2.45, 2.75) is 20.3 Å². The minimum atomic E-state index is 0.376. The van der Waals surface area contributed by atoms with Gasteiger partial charge in [0.05, 0.1) is 12.9 Å². The molecule has 3 aromatic heterocycles. The maximum atomic E-state index is 5.58. The Hall–Kier alpha value is -2.37. The van der Waals surface area contributed by atoms with Crippen LogP contribution in [0.3, 0.4) is 0 Å². The molecule has 0 bridgehead atoms. The average molecular weight is 259 g/mol. The van der Waals surface area contributed by atoms with Gasteiger partial charge in [0, 0.05) is 0 Å². The van der Waals surface area contributed by atoms with Gasteiger partial charge in [0.15, 0.2) is 11.3 Å². The van der Waals surface area contributed by atoms with Crippen LogP contribution in [-0.4, -0.2) is 21.6 Å². The maximum absolute atomic E-state index is 5.58. The average Bonchev–Trinajstić information content (AvgIpc) is 3.03. The largest absolute Gasteiger partial charge is 0.476 e. The first-order valence-electron chi connectivity index (χ1n) is 6.09. The van der Waals surface area contributed by atoms with Crippen molar-refractivity contribution in [3.05, 3.63) is 24.2 Å². The van der Waals surface area contributed by atoms with E-state index in [4.69, 9.17) is 13.6 Å². The van der Waals surface area contributed by atoms with Crippen LogP contribution in [-0.2, 0) is 0 Å². The molecule has 0 aliphatic rings. The lowest BCUT2D eigenvalue weighted by molar-refractivity contribution is 0.307. The van der Waals surface area contributed by atoms with Gasteiger partial charge in [-0.2, -0.15) is 15.0 Å². The van der Waals surface area contributed by atoms with Crippen molar-refractivity contribution in [2.24, 2.45) is 0 Å². The van der Waals surface area contributed by atoms with E-state index in [1.54, 1.807) is 25.3 Å². The number of nitrogens with zero attached hydrogens (tertiary/aromatic N) is 3. The minimum Gasteiger partial charge on any atom is -0.476 e. The summed E-state index contributed by atoms with van der Waals surface area (Å²) in [6.07, 6.45) is 2.46. The van der Waals surface area contributed by atoms with Gasteiger partial charge in [0.1, 0.15) is 5.82 Å². The van der Waals surface area contributed by atoms with E-state index in [0.29, 0.717) is 41.2 Å². The highest BCUT2D eigenvalue weighted by Crippen LogP contribution is 2.28. The number of fused-ring (bicyclic) bond motifs is 1. The Labute approximate surface area is 109 Å². The zero-order valence-corrected chi connectivity index (χ0v) is 10.7. The highest BCUT2D eigenvalue weighted by Gasteiger charge is 2.17. The predicted molar refractivity (Wildman–Crippen MR) is 67.8 cm³/mol. The zero-order valence-electron chi connectivity index (χ0n) is 10.7. The molecule has 0 aromatic carbocycles. The van der Waals surface area contributed by atoms with Gasteiger partial charge >= 0.3 is 0 Å². The predicted octanol–water partition coefficient (Wildman–Crippen LogP) is 2.98. The van der Waals surface area contributed by atoms with Crippen LogP contribution >= 0.6 is 0 Å². The molecule has 0 atom stereocenters. The van der Waals surface area contributed by atoms with Gasteiger partial charge in [0.25, 0.3) is 11.6 Å². The van der Waals surface area contributed by atoms with Crippen LogP contribution in [0.4, 0.5) is 0 Å². The fraction of sp³-hybridized carbons (Fsp3) is 0.308. The first-order valence-corrected chi connectivity index (χ1v) is 6.09. The number of aromatic nitrogens is 3. The lowest BCUT2D eigenvalue weighted by atomic mass is 10.4. The summed E-state index contributed by atoms with van der Waals surface area (Å²) in [5.41, 5.74) is 0.926. The second-order valence-corrected chi connectivity index (χ2v) is 4.07. The van der Waals surface area contributed by atoms with E-state index in [9.17, 15) is 0 Å². The summed E-state index contributed by atoms with van der Waals surface area (Å²) in [4.78, 5) is 12.8. The fourth-order valence-corrected chi connectivity index (χ4v) is 1.70. The first kappa shape index (κ1) is 11.7. The number of hydrogen-bond acceptors (Lipinski definition) is 6. The van der Waals surface area contributed by atoms with Crippen LogP contribution in [0.1, 0.15) is 19.2 Å². The smallest absolute Gasteiger partial charge is 0.265 e. The highest BCUT2D eigenvalue weighted by molar-refractivity contribution is 5.76. The summed E-state index contributed by atoms with van der Waals surface area (Å²) in [6, 6.07) is 3.55. The van der Waals surface area contributed by atoms with Gasteiger partial charge in [-0.3, -0.25) is 0 Å². The number of hydrogen-bond donors (Lipinski definition) is 0. The second kappa shape index (κ2) is 4.72. The molecule has 0 unspecified atom stereocenters. The summed E-state index contributed by atoms with van der Waals surface area (Å²) >= 11 is 0. The standard InChI is InChI=1S/C13H13N3O3/c1-3-6-18-12-10-13(15-8(2)14-12)19-11(16-10)9-5-4-7-17-9/h4-5,7H,3,6H2,1-2H3. The quantitative estimate of drug-likeness (QED) is 0.717. The number of oxazole rings is 1. The lowest BCUT2D eigenvalue weighted by Gasteiger charge is -2.03. The third kappa shape index (κ3) is 2.16. The number of ether oxygens (including phenoxy) is 1. The summed E-state index contributed by atoms with van der Waals surface area (Å²) in [5.74, 6) is 1.96. The summed E-state index contributed by atoms with van der Waals surface area (Å²) in [6.45, 7) is 4.39. The van der Waals surface area contributed by atoms with Crippen molar-refractivity contribution >= 4 is 11.2 Å². The third-order valence-corrected chi connectivity index (χ3v) is 2.51. The van der Waals surface area contributed by atoms with E-state index in [-0.39, 0.29) is 0 Å². The van der Waals surface area contributed by atoms with E-state index < -0.39 is 0 Å². The van der Waals surface area contributed by atoms with E-state index >= 15 is 0 Å². The lowest BCUT2D eigenvalue weighted by Crippen LogP contribution is -2.00. The Morgan fingerprint density at radius 2 is 2.16 bits per heavy atom. The van der Waals surface area contributed by atoms with Crippen molar-refractivity contribution in [1.29, 1.82) is 0 Å². The molecular weight excluding hydrogens is 246 g/mol. The van der Waals surface area contributed by atoms with E-state index in [1.165, 1.54) is 0 Å². The molecule has 3 rings (SSSR count). The van der Waals surface area contributed by atoms with E-state index in [2.05, 4.69) is 15.0 Å². The molecule has 0 fully saturated rings. The second-order valence-electron chi connectivity index (χ2n) is 4.07. The van der Waals surface area contributed by atoms with Crippen LogP contribution in [0.2, 0.25) is 0 Å². The number of aryl methyl sites for hydroxylation is 1. The van der Waals surface area contributed by atoms with Gasteiger partial charge in [-0.1, -0.05) is 6.92 Å². The Bertz CT molecular complexity index is 689. The molecule has 98 valence electrons. The van der Waals surface area contributed by atoms with Crippen molar-refractivity contribution in [3.63, 3.8) is 0 Å². The fourth-order valence-electron chi connectivity index (χ4n) is 1.70. The van der Waals surface area contributed by atoms with E-state index in [0.717, 1.165) is 6.42 Å². The molecule has 6 heteroatoms. The Morgan fingerprint density at radius 3 is 2.89 bits per heavy atom. The zero-order chi connectivity index (χ0) is 13.2. The number of furan rings is 1. The molecule has 6 nitrogen and oxygen atoms in total. The van der Waals surface area contributed by atoms with Crippen LogP contribution in [0, 0.1) is 6.92 Å². The number of rotatable bonds is 4. The molecule has 0 saturated carbocycles. The summed E-state index contributed by atoms with van der Waals surface area (Å²) < 4.78 is 16.4. The Kier molecular flexibility index (Phi) is 2.91. The molecule has 0 aliphatic heterocycles. The van der Waals surface area contributed by atoms with Crippen LogP contribution in [0.5, 0.6) is 5.88 Å². The monoisotopic (exact) mass is 259 g/mol. The van der Waals surface area contributed by atoms with Crippen LogP contribution in [0.15, 0.2) is 27.2 Å². The van der Waals surface area contributed by atoms with Gasteiger partial charge in [-0.15, -0.1) is 0 Å². The summed E-state index contributed by atoms with van der Waals surface area (Å²) in [5, 5.41) is 0.